The molecule has 0 unspecified atom stereocenters. The Kier molecular flexibility index (Phi) is 3.04. The smallest absolute Gasteiger partial charge is 0.405 e. The molecule has 2 rings (SSSR count). The summed E-state index contributed by atoms with van der Waals surface area (Å²) >= 11 is 0. The second-order valence-electron chi connectivity index (χ2n) is 3.47. The molecule has 1 aromatic heterocycles. The number of nitrogens with two attached hydrogens (primary N) is 1. The van der Waals surface area contributed by atoms with Crippen LogP contribution in [0.2, 0.25) is 0 Å². The van der Waals surface area contributed by atoms with Crippen molar-refractivity contribution in [1.82, 2.24) is 10.2 Å². The Morgan fingerprint density at radius 2 is 2.06 bits per heavy atom. The Morgan fingerprint density at radius 3 is 2.71 bits per heavy atom. The summed E-state index contributed by atoms with van der Waals surface area (Å²) in [5.41, 5.74) is 6.78. The molecule has 0 aliphatic rings. The van der Waals surface area contributed by atoms with E-state index in [2.05, 4.69) is 14.9 Å². The Bertz CT molecular complexity index is 519. The lowest BCUT2D eigenvalue weighted by Crippen LogP contribution is -2.12. The average Bonchev–Trinajstić information content (AvgIpc) is 2.76. The average molecular weight is 233 g/mol. The lowest BCUT2D eigenvalue weighted by atomic mass is 10.1. The van der Waals surface area contributed by atoms with Crippen molar-refractivity contribution in [1.29, 1.82) is 0 Å². The molecule has 6 nitrogen and oxygen atoms in total. The van der Waals surface area contributed by atoms with Gasteiger partial charge >= 0.3 is 6.09 Å². The standard InChI is InChI=1S/C11H11N3O3/c1-7-2-4-8(5-3-7)10-14-13-9(17-10)6-16-11(12)15/h2-5H,6H2,1H3,(H2,12,15). The van der Waals surface area contributed by atoms with Gasteiger partial charge in [0, 0.05) is 5.56 Å². The normalized spacial score (nSPS) is 10.2. The van der Waals surface area contributed by atoms with E-state index in [4.69, 9.17) is 10.2 Å². The van der Waals surface area contributed by atoms with E-state index in [9.17, 15) is 4.79 Å². The molecule has 2 aromatic rings. The number of carbonyl (C=O) groups is 1. The molecule has 17 heavy (non-hydrogen) atoms. The predicted octanol–water partition coefficient (Wildman–Crippen LogP) is 1.64. The largest absolute Gasteiger partial charge is 0.440 e. The SMILES string of the molecule is Cc1ccc(-c2nnc(COC(N)=O)o2)cc1. The van der Waals surface area contributed by atoms with Crippen LogP contribution in [0.3, 0.4) is 0 Å². The van der Waals surface area contributed by atoms with Gasteiger partial charge in [-0.2, -0.15) is 0 Å². The topological polar surface area (TPSA) is 91.2 Å². The van der Waals surface area contributed by atoms with E-state index in [1.165, 1.54) is 0 Å². The molecule has 0 aliphatic carbocycles. The van der Waals surface area contributed by atoms with Crippen LogP contribution in [0.1, 0.15) is 11.5 Å². The minimum absolute atomic E-state index is 0.117. The molecule has 2 N–H and O–H groups in total. The Hall–Kier alpha value is -2.37. The fourth-order valence-corrected chi connectivity index (χ4v) is 1.26. The van der Waals surface area contributed by atoms with E-state index in [-0.39, 0.29) is 12.5 Å². The highest BCUT2D eigenvalue weighted by Crippen LogP contribution is 2.18. The number of nitrogens with zero attached hydrogens (tertiary/aromatic N) is 2. The summed E-state index contributed by atoms with van der Waals surface area (Å²) in [6, 6.07) is 7.64. The first kappa shape index (κ1) is 11.1. The zero-order valence-electron chi connectivity index (χ0n) is 9.21. The number of ether oxygens (including phenoxy) is 1. The Labute approximate surface area is 97.4 Å². The first-order valence-corrected chi connectivity index (χ1v) is 4.97. The molecule has 0 aliphatic heterocycles. The monoisotopic (exact) mass is 233 g/mol. The highest BCUT2D eigenvalue weighted by atomic mass is 16.6. The van der Waals surface area contributed by atoms with Crippen LogP contribution in [0.4, 0.5) is 4.79 Å². The molecule has 1 heterocycles. The van der Waals surface area contributed by atoms with Crippen LogP contribution < -0.4 is 5.73 Å². The summed E-state index contributed by atoms with van der Waals surface area (Å²) < 4.78 is 9.84. The van der Waals surface area contributed by atoms with E-state index in [0.717, 1.165) is 11.1 Å². The van der Waals surface area contributed by atoms with E-state index >= 15 is 0 Å². The minimum Gasteiger partial charge on any atom is -0.440 e. The van der Waals surface area contributed by atoms with E-state index in [0.29, 0.717) is 5.89 Å². The third-order valence-electron chi connectivity index (χ3n) is 2.10. The van der Waals surface area contributed by atoms with Crippen molar-refractivity contribution in [2.75, 3.05) is 0 Å². The Balaban J connectivity index is 2.12. The van der Waals surface area contributed by atoms with Gasteiger partial charge in [-0.05, 0) is 19.1 Å². The number of aryl methyl sites for hydroxylation is 1. The molecule has 0 saturated carbocycles. The van der Waals surface area contributed by atoms with Gasteiger partial charge in [0.2, 0.25) is 5.89 Å². The quantitative estimate of drug-likeness (QED) is 0.870. The van der Waals surface area contributed by atoms with Crippen molar-refractivity contribution in [2.24, 2.45) is 5.73 Å². The summed E-state index contributed by atoms with van der Waals surface area (Å²) in [5.74, 6) is 0.590. The predicted molar refractivity (Wildman–Crippen MR) is 58.8 cm³/mol. The number of amides is 1. The van der Waals surface area contributed by atoms with Crippen LogP contribution in [0.15, 0.2) is 28.7 Å². The molecular weight excluding hydrogens is 222 g/mol. The second kappa shape index (κ2) is 4.65. The van der Waals surface area contributed by atoms with Crippen molar-refractivity contribution < 1.29 is 13.9 Å². The summed E-state index contributed by atoms with van der Waals surface area (Å²) in [6.07, 6.45) is -0.875. The first-order chi connectivity index (χ1) is 8.15. The number of aromatic nitrogens is 2. The molecule has 1 amide bonds. The number of benzene rings is 1. The summed E-state index contributed by atoms with van der Waals surface area (Å²) in [6.45, 7) is 1.87. The van der Waals surface area contributed by atoms with Gasteiger partial charge in [0.15, 0.2) is 6.61 Å². The number of rotatable bonds is 3. The summed E-state index contributed by atoms with van der Waals surface area (Å²) in [7, 11) is 0. The minimum atomic E-state index is -0.875. The third kappa shape index (κ3) is 2.81. The van der Waals surface area contributed by atoms with Crippen molar-refractivity contribution in [3.63, 3.8) is 0 Å². The van der Waals surface area contributed by atoms with Crippen LogP contribution in [-0.2, 0) is 11.3 Å². The molecule has 88 valence electrons. The summed E-state index contributed by atoms with van der Waals surface area (Å²) in [4.78, 5) is 10.4. The van der Waals surface area contributed by atoms with Crippen LogP contribution in [-0.4, -0.2) is 16.3 Å². The highest BCUT2D eigenvalue weighted by molar-refractivity contribution is 5.64. The highest BCUT2D eigenvalue weighted by Gasteiger charge is 2.09. The molecule has 6 heteroatoms. The van der Waals surface area contributed by atoms with Gasteiger partial charge in [0.1, 0.15) is 0 Å². The van der Waals surface area contributed by atoms with Crippen molar-refractivity contribution in [3.8, 4) is 11.5 Å². The molecule has 0 bridgehead atoms. The first-order valence-electron chi connectivity index (χ1n) is 4.97. The lowest BCUT2D eigenvalue weighted by molar-refractivity contribution is 0.139. The third-order valence-corrected chi connectivity index (χ3v) is 2.10. The fourth-order valence-electron chi connectivity index (χ4n) is 1.26. The van der Waals surface area contributed by atoms with Crippen molar-refractivity contribution in [2.45, 2.75) is 13.5 Å². The molecular formula is C11H11N3O3. The van der Waals surface area contributed by atoms with E-state index in [1.807, 2.05) is 31.2 Å². The molecule has 0 spiro atoms. The Morgan fingerprint density at radius 1 is 1.35 bits per heavy atom. The maximum absolute atomic E-state index is 10.4. The van der Waals surface area contributed by atoms with Gasteiger partial charge < -0.3 is 14.9 Å². The number of primary amides is 1. The van der Waals surface area contributed by atoms with Gasteiger partial charge in [-0.25, -0.2) is 4.79 Å². The van der Waals surface area contributed by atoms with Crippen LogP contribution in [0.5, 0.6) is 0 Å². The van der Waals surface area contributed by atoms with Gasteiger partial charge in [0.05, 0.1) is 0 Å². The van der Waals surface area contributed by atoms with Crippen LogP contribution in [0.25, 0.3) is 11.5 Å². The summed E-state index contributed by atoms with van der Waals surface area (Å²) in [5, 5.41) is 7.58. The maximum Gasteiger partial charge on any atom is 0.405 e. The van der Waals surface area contributed by atoms with Gasteiger partial charge in [0.25, 0.3) is 5.89 Å². The number of hydrogen-bond acceptors (Lipinski definition) is 5. The van der Waals surface area contributed by atoms with Gasteiger partial charge in [-0.3, -0.25) is 0 Å². The van der Waals surface area contributed by atoms with Crippen molar-refractivity contribution in [3.05, 3.63) is 35.7 Å². The molecule has 0 fully saturated rings. The molecule has 0 radical (unpaired) electrons. The molecule has 0 saturated heterocycles. The molecule has 0 atom stereocenters. The maximum atomic E-state index is 10.4. The van der Waals surface area contributed by atoms with Crippen molar-refractivity contribution >= 4 is 6.09 Å². The van der Waals surface area contributed by atoms with Crippen LogP contribution >= 0.6 is 0 Å². The van der Waals surface area contributed by atoms with E-state index in [1.54, 1.807) is 0 Å². The molecule has 1 aromatic carbocycles. The second-order valence-corrected chi connectivity index (χ2v) is 3.47. The zero-order chi connectivity index (χ0) is 12.3. The van der Waals surface area contributed by atoms with E-state index < -0.39 is 6.09 Å². The van der Waals surface area contributed by atoms with Gasteiger partial charge in [-0.15, -0.1) is 10.2 Å². The van der Waals surface area contributed by atoms with Gasteiger partial charge in [-0.1, -0.05) is 17.7 Å². The lowest BCUT2D eigenvalue weighted by Gasteiger charge is -1.96. The van der Waals surface area contributed by atoms with Crippen LogP contribution in [0, 0.1) is 6.92 Å². The zero-order valence-corrected chi connectivity index (χ0v) is 9.21. The fraction of sp³-hybridized carbons (Fsp3) is 0.182. The number of hydrogen-bond donors (Lipinski definition) is 1. The number of carbonyl (C=O) groups excluding carboxylic acids is 1.